The average Bonchev–Trinajstić information content (AvgIpc) is 2.70. The number of amides is 2. The minimum atomic E-state index is -0.544. The van der Waals surface area contributed by atoms with Gasteiger partial charge in [-0.1, -0.05) is 13.3 Å². The number of benzene rings is 2. The third kappa shape index (κ3) is 4.99. The molecule has 2 aromatic rings. The Morgan fingerprint density at radius 3 is 2.72 bits per heavy atom. The van der Waals surface area contributed by atoms with Crippen LogP contribution in [0.1, 0.15) is 44.0 Å². The van der Waals surface area contributed by atoms with Crippen LogP contribution in [0.4, 0.5) is 11.4 Å². The van der Waals surface area contributed by atoms with Gasteiger partial charge in [-0.15, -0.1) is 0 Å². The van der Waals surface area contributed by atoms with Crippen LogP contribution in [0.25, 0.3) is 0 Å². The number of ether oxygens (including phenoxy) is 3. The molecule has 1 atom stereocenters. The average molecular weight is 398 g/mol. The van der Waals surface area contributed by atoms with Gasteiger partial charge in [0.2, 0.25) is 0 Å². The van der Waals surface area contributed by atoms with Gasteiger partial charge in [0.1, 0.15) is 5.75 Å². The summed E-state index contributed by atoms with van der Waals surface area (Å²) in [5, 5.41) is 5.60. The van der Waals surface area contributed by atoms with E-state index in [4.69, 9.17) is 14.2 Å². The summed E-state index contributed by atoms with van der Waals surface area (Å²) < 4.78 is 16.9. The molecule has 29 heavy (non-hydrogen) atoms. The first-order chi connectivity index (χ1) is 14.0. The van der Waals surface area contributed by atoms with Crippen LogP contribution < -0.4 is 24.8 Å². The van der Waals surface area contributed by atoms with Gasteiger partial charge in [0.25, 0.3) is 11.8 Å². The summed E-state index contributed by atoms with van der Waals surface area (Å²) in [7, 11) is 0. The van der Waals surface area contributed by atoms with E-state index in [9.17, 15) is 9.59 Å². The second-order valence-electron chi connectivity index (χ2n) is 6.71. The molecule has 154 valence electrons. The standard InChI is InChI=1S/C22H26N2O5/c1-4-6-11-28-19-9-7-15(12-20(19)27-5-2)22(26)23-16-8-10-18-17(13-16)24-21(25)14(3)29-18/h7-10,12-14H,4-6,11H2,1-3H3,(H,23,26)(H,24,25)/t14-/m0/s1. The topological polar surface area (TPSA) is 85.9 Å². The predicted molar refractivity (Wildman–Crippen MR) is 111 cm³/mol. The lowest BCUT2D eigenvalue weighted by molar-refractivity contribution is -0.122. The third-order valence-electron chi connectivity index (χ3n) is 4.43. The monoisotopic (exact) mass is 398 g/mol. The Bertz CT molecular complexity index is 897. The molecule has 2 N–H and O–H groups in total. The molecule has 0 aliphatic carbocycles. The van der Waals surface area contributed by atoms with Crippen LogP contribution in [0, 0.1) is 0 Å². The van der Waals surface area contributed by atoms with Crippen LogP contribution in [-0.2, 0) is 4.79 Å². The fraction of sp³-hybridized carbons (Fsp3) is 0.364. The number of fused-ring (bicyclic) bond motifs is 1. The Balaban J connectivity index is 1.74. The van der Waals surface area contributed by atoms with Gasteiger partial charge in [0, 0.05) is 11.3 Å². The van der Waals surface area contributed by atoms with E-state index in [2.05, 4.69) is 17.6 Å². The largest absolute Gasteiger partial charge is 0.490 e. The molecular weight excluding hydrogens is 372 g/mol. The van der Waals surface area contributed by atoms with Crippen molar-refractivity contribution >= 4 is 23.2 Å². The summed E-state index contributed by atoms with van der Waals surface area (Å²) in [6.07, 6.45) is 1.44. The van der Waals surface area contributed by atoms with Crippen molar-refractivity contribution in [3.05, 3.63) is 42.0 Å². The SMILES string of the molecule is CCCCOc1ccc(C(=O)Nc2ccc3c(c2)NC(=O)[C@H](C)O3)cc1OCC. The van der Waals surface area contributed by atoms with Crippen molar-refractivity contribution in [2.45, 2.75) is 39.7 Å². The number of hydrogen-bond acceptors (Lipinski definition) is 5. The molecular formula is C22H26N2O5. The Morgan fingerprint density at radius 2 is 1.97 bits per heavy atom. The third-order valence-corrected chi connectivity index (χ3v) is 4.43. The quantitative estimate of drug-likeness (QED) is 0.650. The van der Waals surface area contributed by atoms with Crippen LogP contribution in [0.2, 0.25) is 0 Å². The van der Waals surface area contributed by atoms with Crippen molar-refractivity contribution in [1.82, 2.24) is 0 Å². The maximum atomic E-state index is 12.7. The second-order valence-corrected chi connectivity index (χ2v) is 6.71. The molecule has 0 radical (unpaired) electrons. The number of anilines is 2. The second kappa shape index (κ2) is 9.32. The molecule has 0 fully saturated rings. The van der Waals surface area contributed by atoms with Gasteiger partial charge >= 0.3 is 0 Å². The molecule has 1 aliphatic rings. The smallest absolute Gasteiger partial charge is 0.265 e. The molecule has 2 aromatic carbocycles. The van der Waals surface area contributed by atoms with Gasteiger partial charge < -0.3 is 24.8 Å². The highest BCUT2D eigenvalue weighted by molar-refractivity contribution is 6.05. The van der Waals surface area contributed by atoms with Crippen LogP contribution in [0.5, 0.6) is 17.2 Å². The van der Waals surface area contributed by atoms with Crippen LogP contribution in [0.3, 0.4) is 0 Å². The van der Waals surface area contributed by atoms with Gasteiger partial charge in [-0.2, -0.15) is 0 Å². The Kier molecular flexibility index (Phi) is 6.59. The summed E-state index contributed by atoms with van der Waals surface area (Å²) in [5.74, 6) is 1.22. The number of unbranched alkanes of at least 4 members (excludes halogenated alkanes) is 1. The highest BCUT2D eigenvalue weighted by Gasteiger charge is 2.23. The van der Waals surface area contributed by atoms with Crippen LogP contribution in [-0.4, -0.2) is 31.1 Å². The lowest BCUT2D eigenvalue weighted by Crippen LogP contribution is -2.34. The minimum absolute atomic E-state index is 0.221. The summed E-state index contributed by atoms with van der Waals surface area (Å²) in [5.41, 5.74) is 1.52. The maximum absolute atomic E-state index is 12.7. The van der Waals surface area contributed by atoms with Gasteiger partial charge in [0.15, 0.2) is 17.6 Å². The number of carbonyl (C=O) groups excluding carboxylic acids is 2. The van der Waals surface area contributed by atoms with Crippen molar-refractivity contribution in [2.75, 3.05) is 23.8 Å². The van der Waals surface area contributed by atoms with E-state index in [1.54, 1.807) is 43.3 Å². The van der Waals surface area contributed by atoms with E-state index in [1.165, 1.54) is 0 Å². The number of rotatable bonds is 8. The van der Waals surface area contributed by atoms with Crippen molar-refractivity contribution in [1.29, 1.82) is 0 Å². The molecule has 7 nitrogen and oxygen atoms in total. The lowest BCUT2D eigenvalue weighted by Gasteiger charge is -2.23. The molecule has 0 spiro atoms. The molecule has 3 rings (SSSR count). The van der Waals surface area contributed by atoms with Crippen molar-refractivity contribution in [2.24, 2.45) is 0 Å². The Hall–Kier alpha value is -3.22. The first-order valence-corrected chi connectivity index (χ1v) is 9.84. The predicted octanol–water partition coefficient (Wildman–Crippen LogP) is 4.24. The fourth-order valence-corrected chi connectivity index (χ4v) is 2.85. The molecule has 0 unspecified atom stereocenters. The lowest BCUT2D eigenvalue weighted by atomic mass is 10.1. The summed E-state index contributed by atoms with van der Waals surface area (Å²) in [4.78, 5) is 24.5. The highest BCUT2D eigenvalue weighted by Crippen LogP contribution is 2.33. The molecule has 0 bridgehead atoms. The summed E-state index contributed by atoms with van der Waals surface area (Å²) >= 11 is 0. The highest BCUT2D eigenvalue weighted by atomic mass is 16.5. The van der Waals surface area contributed by atoms with Crippen molar-refractivity contribution < 1.29 is 23.8 Å². The van der Waals surface area contributed by atoms with E-state index in [0.29, 0.717) is 47.4 Å². The summed E-state index contributed by atoms with van der Waals surface area (Å²) in [6.45, 7) is 6.73. The molecule has 0 aromatic heterocycles. The van der Waals surface area contributed by atoms with Gasteiger partial charge in [0.05, 0.1) is 18.9 Å². The van der Waals surface area contributed by atoms with Crippen LogP contribution in [0.15, 0.2) is 36.4 Å². The van der Waals surface area contributed by atoms with Gasteiger partial charge in [-0.3, -0.25) is 9.59 Å². The molecule has 1 heterocycles. The van der Waals surface area contributed by atoms with Crippen molar-refractivity contribution in [3.8, 4) is 17.2 Å². The molecule has 0 saturated carbocycles. The molecule has 1 aliphatic heterocycles. The van der Waals surface area contributed by atoms with Gasteiger partial charge in [-0.05, 0) is 56.7 Å². The Labute approximate surface area is 170 Å². The fourth-order valence-electron chi connectivity index (χ4n) is 2.85. The maximum Gasteiger partial charge on any atom is 0.265 e. The zero-order valence-electron chi connectivity index (χ0n) is 16.9. The van der Waals surface area contributed by atoms with Gasteiger partial charge in [-0.25, -0.2) is 0 Å². The summed E-state index contributed by atoms with van der Waals surface area (Å²) in [6, 6.07) is 10.2. The normalized spacial score (nSPS) is 15.0. The Morgan fingerprint density at radius 1 is 1.14 bits per heavy atom. The zero-order chi connectivity index (χ0) is 20.8. The van der Waals surface area contributed by atoms with E-state index >= 15 is 0 Å². The first-order valence-electron chi connectivity index (χ1n) is 9.84. The van der Waals surface area contributed by atoms with E-state index in [0.717, 1.165) is 12.8 Å². The van der Waals surface area contributed by atoms with Crippen molar-refractivity contribution in [3.63, 3.8) is 0 Å². The number of carbonyl (C=O) groups is 2. The number of hydrogen-bond donors (Lipinski definition) is 2. The van der Waals surface area contributed by atoms with Crippen LogP contribution >= 0.6 is 0 Å². The first kappa shape index (κ1) is 20.5. The molecule has 0 saturated heterocycles. The number of nitrogens with one attached hydrogen (secondary N) is 2. The van der Waals surface area contributed by atoms with E-state index in [-0.39, 0.29) is 11.8 Å². The van der Waals surface area contributed by atoms with E-state index < -0.39 is 6.10 Å². The van der Waals surface area contributed by atoms with E-state index in [1.807, 2.05) is 6.92 Å². The molecule has 2 amide bonds. The zero-order valence-corrected chi connectivity index (χ0v) is 16.9. The minimum Gasteiger partial charge on any atom is -0.490 e. The molecule has 7 heteroatoms.